The molecular formula is C19H18N4O4S2. The number of rotatable bonds is 7. The molecule has 2 heterocycles. The van der Waals surface area contributed by atoms with Crippen molar-refractivity contribution in [3.8, 4) is 17.6 Å². The quantitative estimate of drug-likeness (QED) is 0.694. The largest absolute Gasteiger partial charge is 0.493 e. The number of ether oxygens (including phenoxy) is 2. The normalized spacial score (nSPS) is 16.0. The molecule has 0 spiro atoms. The van der Waals surface area contributed by atoms with E-state index in [0.717, 1.165) is 17.3 Å². The Balaban J connectivity index is 1.82. The lowest BCUT2D eigenvalue weighted by atomic mass is 9.87. The maximum Gasteiger partial charge on any atom is 0.236 e. The van der Waals surface area contributed by atoms with E-state index in [0.29, 0.717) is 27.2 Å². The Morgan fingerprint density at radius 3 is 2.86 bits per heavy atom. The number of anilines is 1. The number of carbonyl (C=O) groups is 2. The summed E-state index contributed by atoms with van der Waals surface area (Å²) in [6.45, 7) is 0. The molecule has 8 nitrogen and oxygen atoms in total. The molecule has 2 aromatic rings. The molecular weight excluding hydrogens is 412 g/mol. The van der Waals surface area contributed by atoms with E-state index in [2.05, 4.69) is 21.7 Å². The maximum atomic E-state index is 12.3. The molecule has 2 N–H and O–H groups in total. The second-order valence-electron chi connectivity index (χ2n) is 5.95. The van der Waals surface area contributed by atoms with Crippen LogP contribution in [0.1, 0.15) is 17.9 Å². The number of benzene rings is 1. The molecule has 150 valence electrons. The number of carbonyl (C=O) groups excluding carboxylic acids is 2. The van der Waals surface area contributed by atoms with Gasteiger partial charge in [-0.05, 0) is 17.7 Å². The third-order valence-corrected chi connectivity index (χ3v) is 5.90. The first-order valence-corrected chi connectivity index (χ1v) is 10.4. The van der Waals surface area contributed by atoms with E-state index in [4.69, 9.17) is 9.47 Å². The molecule has 1 aromatic heterocycles. The molecule has 0 saturated heterocycles. The van der Waals surface area contributed by atoms with Crippen LogP contribution in [0.25, 0.3) is 0 Å². The molecule has 0 bridgehead atoms. The Hall–Kier alpha value is -3.03. The SMILES string of the molecule is COc1ccc([C@H]2CC(=O)NC(SCC(=O)Nc3nccs3)=C2C#N)cc1OC. The average Bonchev–Trinajstić information content (AvgIpc) is 3.24. The van der Waals surface area contributed by atoms with Crippen LogP contribution < -0.4 is 20.1 Å². The van der Waals surface area contributed by atoms with Gasteiger partial charge in [0.1, 0.15) is 0 Å². The van der Waals surface area contributed by atoms with Crippen LogP contribution in [0.15, 0.2) is 40.4 Å². The van der Waals surface area contributed by atoms with Crippen LogP contribution in [-0.4, -0.2) is 36.8 Å². The molecule has 0 fully saturated rings. The van der Waals surface area contributed by atoms with E-state index in [1.807, 2.05) is 0 Å². The van der Waals surface area contributed by atoms with Gasteiger partial charge < -0.3 is 20.1 Å². The van der Waals surface area contributed by atoms with Gasteiger partial charge in [0.05, 0.1) is 36.6 Å². The lowest BCUT2D eigenvalue weighted by Gasteiger charge is -2.25. The number of nitrogens with zero attached hydrogens (tertiary/aromatic N) is 2. The first kappa shape index (κ1) is 20.7. The smallest absolute Gasteiger partial charge is 0.236 e. The average molecular weight is 431 g/mol. The van der Waals surface area contributed by atoms with Crippen LogP contribution >= 0.6 is 23.1 Å². The third kappa shape index (κ3) is 4.88. The molecule has 2 amide bonds. The van der Waals surface area contributed by atoms with Crippen molar-refractivity contribution >= 4 is 40.0 Å². The van der Waals surface area contributed by atoms with Crippen LogP contribution in [0.4, 0.5) is 5.13 Å². The van der Waals surface area contributed by atoms with E-state index < -0.39 is 5.92 Å². The van der Waals surface area contributed by atoms with E-state index in [9.17, 15) is 14.9 Å². The summed E-state index contributed by atoms with van der Waals surface area (Å²) >= 11 is 2.43. The highest BCUT2D eigenvalue weighted by Crippen LogP contribution is 2.39. The molecule has 0 radical (unpaired) electrons. The molecule has 1 aliphatic heterocycles. The number of nitrogens with one attached hydrogen (secondary N) is 2. The number of methoxy groups -OCH3 is 2. The lowest BCUT2D eigenvalue weighted by molar-refractivity contribution is -0.121. The van der Waals surface area contributed by atoms with Gasteiger partial charge in [0.15, 0.2) is 16.6 Å². The van der Waals surface area contributed by atoms with Crippen LogP contribution in [-0.2, 0) is 9.59 Å². The molecule has 1 atom stereocenters. The fraction of sp³-hybridized carbons (Fsp3) is 0.263. The van der Waals surface area contributed by atoms with Crippen molar-refractivity contribution in [3.05, 3.63) is 45.9 Å². The Morgan fingerprint density at radius 1 is 1.41 bits per heavy atom. The predicted octanol–water partition coefficient (Wildman–Crippen LogP) is 2.87. The number of hydrogen-bond acceptors (Lipinski definition) is 8. The Morgan fingerprint density at radius 2 is 2.21 bits per heavy atom. The van der Waals surface area contributed by atoms with Gasteiger partial charge in [-0.25, -0.2) is 4.98 Å². The summed E-state index contributed by atoms with van der Waals surface area (Å²) in [6, 6.07) is 7.49. The minimum Gasteiger partial charge on any atom is -0.493 e. The highest BCUT2D eigenvalue weighted by Gasteiger charge is 2.30. The second kappa shape index (κ2) is 9.45. The summed E-state index contributed by atoms with van der Waals surface area (Å²) in [4.78, 5) is 28.4. The fourth-order valence-corrected chi connectivity index (χ4v) is 4.29. The monoisotopic (exact) mass is 430 g/mol. The van der Waals surface area contributed by atoms with Crippen molar-refractivity contribution in [1.82, 2.24) is 10.3 Å². The van der Waals surface area contributed by atoms with Crippen molar-refractivity contribution in [1.29, 1.82) is 5.26 Å². The number of allylic oxidation sites excluding steroid dienone is 1. The summed E-state index contributed by atoms with van der Waals surface area (Å²) < 4.78 is 10.6. The molecule has 0 unspecified atom stereocenters. The number of amides is 2. The number of aromatic nitrogens is 1. The minimum absolute atomic E-state index is 0.0407. The van der Waals surface area contributed by atoms with Crippen LogP contribution in [0.3, 0.4) is 0 Å². The first-order valence-electron chi connectivity index (χ1n) is 8.54. The summed E-state index contributed by atoms with van der Waals surface area (Å²) in [7, 11) is 3.07. The number of thiazole rings is 1. The standard InChI is InChI=1S/C19H18N4O4S2/c1-26-14-4-3-11(7-15(14)27-2)12-8-16(24)22-18(13(12)9-20)29-10-17(25)23-19-21-5-6-28-19/h3-7,12H,8,10H2,1-2H3,(H,22,24)(H,21,23,25)/t12-/m1/s1. The van der Waals surface area contributed by atoms with E-state index in [-0.39, 0.29) is 24.0 Å². The molecule has 1 aliphatic rings. The van der Waals surface area contributed by atoms with Gasteiger partial charge in [-0.3, -0.25) is 9.59 Å². The summed E-state index contributed by atoms with van der Waals surface area (Å²) in [5.74, 6) is 0.207. The Kier molecular flexibility index (Phi) is 6.74. The number of hydrogen-bond donors (Lipinski definition) is 2. The van der Waals surface area contributed by atoms with Crippen molar-refractivity contribution in [2.75, 3.05) is 25.3 Å². The van der Waals surface area contributed by atoms with Crippen molar-refractivity contribution in [3.63, 3.8) is 0 Å². The zero-order chi connectivity index (χ0) is 20.8. The van der Waals surface area contributed by atoms with E-state index in [1.54, 1.807) is 29.8 Å². The van der Waals surface area contributed by atoms with Gasteiger partial charge >= 0.3 is 0 Å². The summed E-state index contributed by atoms with van der Waals surface area (Å²) in [5, 5.41) is 17.8. The number of nitriles is 1. The Bertz CT molecular complexity index is 983. The van der Waals surface area contributed by atoms with Gasteiger partial charge in [0.25, 0.3) is 0 Å². The Labute approximate surface area is 175 Å². The highest BCUT2D eigenvalue weighted by molar-refractivity contribution is 8.03. The van der Waals surface area contributed by atoms with Crippen LogP contribution in [0.5, 0.6) is 11.5 Å². The van der Waals surface area contributed by atoms with Crippen LogP contribution in [0.2, 0.25) is 0 Å². The third-order valence-electron chi connectivity index (χ3n) is 4.19. The summed E-state index contributed by atoms with van der Waals surface area (Å²) in [5.41, 5.74) is 1.17. The molecule has 3 rings (SSSR count). The van der Waals surface area contributed by atoms with Crippen molar-refractivity contribution < 1.29 is 19.1 Å². The summed E-state index contributed by atoms with van der Waals surface area (Å²) in [6.07, 6.45) is 1.73. The fourth-order valence-electron chi connectivity index (χ4n) is 2.87. The van der Waals surface area contributed by atoms with E-state index >= 15 is 0 Å². The highest BCUT2D eigenvalue weighted by atomic mass is 32.2. The molecule has 1 aromatic carbocycles. The van der Waals surface area contributed by atoms with Gasteiger partial charge in [-0.1, -0.05) is 17.8 Å². The first-order chi connectivity index (χ1) is 14.0. The lowest BCUT2D eigenvalue weighted by Crippen LogP contribution is -2.31. The zero-order valence-corrected chi connectivity index (χ0v) is 17.4. The van der Waals surface area contributed by atoms with Crippen LogP contribution in [0, 0.1) is 11.3 Å². The van der Waals surface area contributed by atoms with Gasteiger partial charge in [0.2, 0.25) is 11.8 Å². The number of thioether (sulfide) groups is 1. The zero-order valence-electron chi connectivity index (χ0n) is 15.7. The minimum atomic E-state index is -0.432. The van der Waals surface area contributed by atoms with Crippen molar-refractivity contribution in [2.24, 2.45) is 0 Å². The predicted molar refractivity (Wildman–Crippen MR) is 111 cm³/mol. The van der Waals surface area contributed by atoms with Gasteiger partial charge in [-0.2, -0.15) is 5.26 Å². The van der Waals surface area contributed by atoms with Gasteiger partial charge in [0, 0.05) is 23.9 Å². The molecule has 10 heteroatoms. The van der Waals surface area contributed by atoms with Crippen molar-refractivity contribution in [2.45, 2.75) is 12.3 Å². The van der Waals surface area contributed by atoms with E-state index in [1.165, 1.54) is 25.6 Å². The molecule has 29 heavy (non-hydrogen) atoms. The topological polar surface area (TPSA) is 113 Å². The molecule has 0 saturated carbocycles. The molecule has 0 aliphatic carbocycles. The second-order valence-corrected chi connectivity index (χ2v) is 7.83. The van der Waals surface area contributed by atoms with Gasteiger partial charge in [-0.15, -0.1) is 11.3 Å². The maximum absolute atomic E-state index is 12.3.